The second kappa shape index (κ2) is 6.23. The third-order valence-corrected chi connectivity index (χ3v) is 4.17. The van der Waals surface area contributed by atoms with Gasteiger partial charge in [0.1, 0.15) is 0 Å². The molecule has 108 valence electrons. The summed E-state index contributed by atoms with van der Waals surface area (Å²) in [6.45, 7) is 4.09. The number of carbonyl (C=O) groups excluding carboxylic acids is 1. The topological polar surface area (TPSA) is 75.5 Å². The van der Waals surface area contributed by atoms with E-state index in [9.17, 15) is 14.9 Å². The monoisotopic (exact) mass is 295 g/mol. The molecule has 1 aliphatic rings. The van der Waals surface area contributed by atoms with E-state index in [0.717, 1.165) is 13.1 Å². The average Bonchev–Trinajstić information content (AvgIpc) is 2.46. The lowest BCUT2D eigenvalue weighted by Crippen LogP contribution is -2.52. The second-order valence-electron chi connectivity index (χ2n) is 4.70. The summed E-state index contributed by atoms with van der Waals surface area (Å²) in [5, 5.41) is 14.3. The van der Waals surface area contributed by atoms with Crippen molar-refractivity contribution in [3.8, 4) is 0 Å². The van der Waals surface area contributed by atoms with Crippen LogP contribution in [0.4, 0.5) is 5.69 Å². The van der Waals surface area contributed by atoms with Crippen molar-refractivity contribution < 1.29 is 9.72 Å². The number of hydrogen-bond acceptors (Lipinski definition) is 5. The van der Waals surface area contributed by atoms with Gasteiger partial charge in [0.15, 0.2) is 0 Å². The molecule has 20 heavy (non-hydrogen) atoms. The van der Waals surface area contributed by atoms with Crippen molar-refractivity contribution in [2.45, 2.75) is 17.9 Å². The number of carbonyl (C=O) groups is 1. The highest BCUT2D eigenvalue weighted by atomic mass is 32.2. The first kappa shape index (κ1) is 14.8. The van der Waals surface area contributed by atoms with Gasteiger partial charge in [-0.1, -0.05) is 0 Å². The fraction of sp³-hybridized carbons (Fsp3) is 0.462. The van der Waals surface area contributed by atoms with E-state index in [1.54, 1.807) is 23.3 Å². The van der Waals surface area contributed by atoms with E-state index in [4.69, 9.17) is 0 Å². The lowest BCUT2D eigenvalue weighted by atomic mass is 10.1. The second-order valence-corrected chi connectivity index (χ2v) is 5.54. The fourth-order valence-electron chi connectivity index (χ4n) is 2.27. The minimum atomic E-state index is -0.441. The molecule has 0 spiro atoms. The number of hydrogen-bond donors (Lipinski definition) is 1. The molecule has 0 aliphatic carbocycles. The first-order valence-corrected chi connectivity index (χ1v) is 7.61. The maximum absolute atomic E-state index is 12.5. The van der Waals surface area contributed by atoms with Crippen LogP contribution in [0.2, 0.25) is 0 Å². The number of amides is 1. The van der Waals surface area contributed by atoms with Gasteiger partial charge in [-0.15, -0.1) is 11.8 Å². The third kappa shape index (κ3) is 2.94. The van der Waals surface area contributed by atoms with Crippen molar-refractivity contribution in [2.24, 2.45) is 0 Å². The molecule has 1 N–H and O–H groups in total. The number of nitro groups is 1. The van der Waals surface area contributed by atoms with E-state index in [1.165, 1.54) is 17.8 Å². The zero-order valence-corrected chi connectivity index (χ0v) is 12.3. The van der Waals surface area contributed by atoms with Crippen LogP contribution in [0.25, 0.3) is 0 Å². The first-order chi connectivity index (χ1) is 9.54. The summed E-state index contributed by atoms with van der Waals surface area (Å²) in [6.07, 6.45) is 1.78. The molecule has 0 radical (unpaired) electrons. The van der Waals surface area contributed by atoms with Crippen LogP contribution in [0.5, 0.6) is 0 Å². The Morgan fingerprint density at radius 2 is 2.30 bits per heavy atom. The number of nitrogens with zero attached hydrogens (tertiary/aromatic N) is 2. The van der Waals surface area contributed by atoms with E-state index in [-0.39, 0.29) is 17.6 Å². The Morgan fingerprint density at radius 3 is 2.90 bits per heavy atom. The molecule has 1 aliphatic heterocycles. The standard InChI is InChI=1S/C13H17N3O3S/c1-9-8-14-5-6-15(9)13(17)10-3-4-12(20-2)11(7-10)16(18)19/h3-4,7,9,14H,5-6,8H2,1-2H3/t9-/m1/s1. The van der Waals surface area contributed by atoms with Crippen LogP contribution in [0.3, 0.4) is 0 Å². The zero-order valence-electron chi connectivity index (χ0n) is 11.5. The van der Waals surface area contributed by atoms with Crippen LogP contribution in [-0.2, 0) is 0 Å². The highest BCUT2D eigenvalue weighted by Crippen LogP contribution is 2.28. The minimum absolute atomic E-state index is 0.00821. The highest BCUT2D eigenvalue weighted by molar-refractivity contribution is 7.98. The number of thioether (sulfide) groups is 1. The Kier molecular flexibility index (Phi) is 4.61. The minimum Gasteiger partial charge on any atom is -0.333 e. The number of piperazine rings is 1. The van der Waals surface area contributed by atoms with Gasteiger partial charge < -0.3 is 10.2 Å². The van der Waals surface area contributed by atoms with Gasteiger partial charge in [0, 0.05) is 37.3 Å². The maximum Gasteiger partial charge on any atom is 0.283 e. The van der Waals surface area contributed by atoms with Crippen LogP contribution in [0, 0.1) is 10.1 Å². The Balaban J connectivity index is 2.30. The van der Waals surface area contributed by atoms with Gasteiger partial charge >= 0.3 is 0 Å². The van der Waals surface area contributed by atoms with Crippen LogP contribution in [-0.4, -0.2) is 47.7 Å². The molecule has 1 aromatic carbocycles. The smallest absolute Gasteiger partial charge is 0.283 e. The maximum atomic E-state index is 12.5. The summed E-state index contributed by atoms with van der Waals surface area (Å²) < 4.78 is 0. The Labute approximate surface area is 121 Å². The van der Waals surface area contributed by atoms with Crippen LogP contribution < -0.4 is 5.32 Å². The van der Waals surface area contributed by atoms with Crippen molar-refractivity contribution in [1.82, 2.24) is 10.2 Å². The van der Waals surface area contributed by atoms with E-state index < -0.39 is 4.92 Å². The van der Waals surface area contributed by atoms with Crippen molar-refractivity contribution in [3.05, 3.63) is 33.9 Å². The summed E-state index contributed by atoms with van der Waals surface area (Å²) in [7, 11) is 0. The lowest BCUT2D eigenvalue weighted by molar-refractivity contribution is -0.387. The molecule has 0 bridgehead atoms. The SMILES string of the molecule is CSc1ccc(C(=O)N2CCNC[C@H]2C)cc1[N+](=O)[O-]. The molecule has 0 unspecified atom stereocenters. The Bertz CT molecular complexity index is 536. The van der Waals surface area contributed by atoms with E-state index in [0.29, 0.717) is 17.0 Å². The van der Waals surface area contributed by atoms with Gasteiger partial charge in [-0.2, -0.15) is 0 Å². The van der Waals surface area contributed by atoms with Crippen molar-refractivity contribution in [1.29, 1.82) is 0 Å². The van der Waals surface area contributed by atoms with Gasteiger partial charge in [-0.3, -0.25) is 14.9 Å². The molecule has 1 heterocycles. The number of rotatable bonds is 3. The van der Waals surface area contributed by atoms with E-state index in [1.807, 2.05) is 6.92 Å². The molecule has 0 aromatic heterocycles. The fourth-order valence-corrected chi connectivity index (χ4v) is 2.82. The largest absolute Gasteiger partial charge is 0.333 e. The molecule has 2 rings (SSSR count). The summed E-state index contributed by atoms with van der Waals surface area (Å²) in [6, 6.07) is 4.78. The third-order valence-electron chi connectivity index (χ3n) is 3.38. The van der Waals surface area contributed by atoms with Crippen LogP contribution >= 0.6 is 11.8 Å². The van der Waals surface area contributed by atoms with Crippen molar-refractivity contribution >= 4 is 23.4 Å². The molecule has 1 amide bonds. The first-order valence-electron chi connectivity index (χ1n) is 6.38. The highest BCUT2D eigenvalue weighted by Gasteiger charge is 2.26. The predicted molar refractivity (Wildman–Crippen MR) is 78.2 cm³/mol. The number of nitrogens with one attached hydrogen (secondary N) is 1. The summed E-state index contributed by atoms with van der Waals surface area (Å²) in [4.78, 5) is 25.4. The average molecular weight is 295 g/mol. The van der Waals surface area contributed by atoms with E-state index in [2.05, 4.69) is 5.32 Å². The predicted octanol–water partition coefficient (Wildman–Crippen LogP) is 1.75. The molecule has 1 atom stereocenters. The molecule has 1 fully saturated rings. The van der Waals surface area contributed by atoms with Gasteiger partial charge in [-0.05, 0) is 25.3 Å². The number of benzene rings is 1. The molecule has 1 aromatic rings. The molecular formula is C13H17N3O3S. The normalized spacial score (nSPS) is 18.9. The molecule has 6 nitrogen and oxygen atoms in total. The Hall–Kier alpha value is -1.60. The van der Waals surface area contributed by atoms with Gasteiger partial charge in [0.05, 0.1) is 9.82 Å². The van der Waals surface area contributed by atoms with Gasteiger partial charge in [-0.25, -0.2) is 0 Å². The van der Waals surface area contributed by atoms with Gasteiger partial charge in [0.2, 0.25) is 0 Å². The number of nitro benzene ring substituents is 1. The van der Waals surface area contributed by atoms with Gasteiger partial charge in [0.25, 0.3) is 11.6 Å². The zero-order chi connectivity index (χ0) is 14.7. The summed E-state index contributed by atoms with van der Waals surface area (Å²) in [5.41, 5.74) is 0.370. The summed E-state index contributed by atoms with van der Waals surface area (Å²) in [5.74, 6) is -0.144. The molecule has 7 heteroatoms. The van der Waals surface area contributed by atoms with Crippen LogP contribution in [0.1, 0.15) is 17.3 Å². The lowest BCUT2D eigenvalue weighted by Gasteiger charge is -2.34. The van der Waals surface area contributed by atoms with Crippen molar-refractivity contribution in [2.75, 3.05) is 25.9 Å². The quantitative estimate of drug-likeness (QED) is 0.522. The molecular weight excluding hydrogens is 278 g/mol. The molecule has 1 saturated heterocycles. The molecule has 0 saturated carbocycles. The van der Waals surface area contributed by atoms with Crippen molar-refractivity contribution in [3.63, 3.8) is 0 Å². The van der Waals surface area contributed by atoms with E-state index >= 15 is 0 Å². The Morgan fingerprint density at radius 1 is 1.55 bits per heavy atom. The van der Waals surface area contributed by atoms with Crippen LogP contribution in [0.15, 0.2) is 23.1 Å². The summed E-state index contributed by atoms with van der Waals surface area (Å²) >= 11 is 1.30.